The molecular formula is C12H24O2. The molecule has 1 N–H and O–H groups in total. The third kappa shape index (κ3) is 8.27. The minimum absolute atomic E-state index is 0.107. The molecule has 14 heavy (non-hydrogen) atoms. The third-order valence-electron chi connectivity index (χ3n) is 2.35. The van der Waals surface area contributed by atoms with E-state index in [1.165, 1.54) is 32.1 Å². The summed E-state index contributed by atoms with van der Waals surface area (Å²) < 4.78 is 5.26. The largest absolute Gasteiger partial charge is 0.392 e. The predicted octanol–water partition coefficient (Wildman–Crippen LogP) is 2.91. The molecule has 0 saturated heterocycles. The Morgan fingerprint density at radius 2 is 1.93 bits per heavy atom. The van der Waals surface area contributed by atoms with Gasteiger partial charge in [0.05, 0.1) is 12.7 Å². The Hall–Kier alpha value is -0.340. The van der Waals surface area contributed by atoms with E-state index in [1.807, 2.05) is 6.08 Å². The van der Waals surface area contributed by atoms with E-state index in [9.17, 15) is 0 Å². The Bertz CT molecular complexity index is 132. The van der Waals surface area contributed by atoms with Crippen LogP contribution in [0.1, 0.15) is 45.4 Å². The third-order valence-corrected chi connectivity index (χ3v) is 2.35. The monoisotopic (exact) mass is 200 g/mol. The lowest BCUT2D eigenvalue weighted by Gasteiger charge is -2.10. The Kier molecular flexibility index (Phi) is 10.5. The highest BCUT2D eigenvalue weighted by Crippen LogP contribution is 2.09. The van der Waals surface area contributed by atoms with Crippen molar-refractivity contribution < 1.29 is 9.84 Å². The first-order valence-electron chi connectivity index (χ1n) is 5.65. The highest BCUT2D eigenvalue weighted by atomic mass is 16.5. The summed E-state index contributed by atoms with van der Waals surface area (Å²) >= 11 is 0. The Balaban J connectivity index is 3.38. The van der Waals surface area contributed by atoms with Gasteiger partial charge in [0.1, 0.15) is 0 Å². The lowest BCUT2D eigenvalue weighted by Crippen LogP contribution is -2.06. The summed E-state index contributed by atoms with van der Waals surface area (Å²) in [6.07, 6.45) is 11.4. The first-order chi connectivity index (χ1) is 6.85. The summed E-state index contributed by atoms with van der Waals surface area (Å²) in [5, 5.41) is 8.61. The van der Waals surface area contributed by atoms with Gasteiger partial charge in [-0.05, 0) is 6.42 Å². The Labute approximate surface area is 88.0 Å². The van der Waals surface area contributed by atoms with E-state index in [2.05, 4.69) is 6.92 Å². The number of unbranched alkanes of at least 4 members (excludes halogenated alkanes) is 4. The number of aliphatic hydroxyl groups excluding tert-OH is 1. The van der Waals surface area contributed by atoms with E-state index >= 15 is 0 Å². The zero-order valence-corrected chi connectivity index (χ0v) is 9.54. The number of methoxy groups -OCH3 is 1. The molecule has 0 aliphatic rings. The van der Waals surface area contributed by atoms with Crippen LogP contribution in [-0.4, -0.2) is 24.9 Å². The van der Waals surface area contributed by atoms with Crippen molar-refractivity contribution in [3.8, 4) is 0 Å². The molecule has 0 aliphatic heterocycles. The fourth-order valence-corrected chi connectivity index (χ4v) is 1.45. The molecule has 2 nitrogen and oxygen atoms in total. The average molecular weight is 200 g/mol. The van der Waals surface area contributed by atoms with Crippen LogP contribution in [0.4, 0.5) is 0 Å². The second-order valence-electron chi connectivity index (χ2n) is 3.59. The first kappa shape index (κ1) is 13.7. The van der Waals surface area contributed by atoms with Crippen molar-refractivity contribution in [2.75, 3.05) is 13.7 Å². The van der Waals surface area contributed by atoms with Gasteiger partial charge >= 0.3 is 0 Å². The van der Waals surface area contributed by atoms with Crippen molar-refractivity contribution in [3.05, 3.63) is 12.2 Å². The molecule has 0 aliphatic carbocycles. The average Bonchev–Trinajstić information content (AvgIpc) is 2.22. The molecule has 0 unspecified atom stereocenters. The summed E-state index contributed by atoms with van der Waals surface area (Å²) in [6.45, 7) is 2.33. The SMILES string of the molecule is CCCCCCC[C@H](/C=C\CO)OC. The van der Waals surface area contributed by atoms with E-state index in [1.54, 1.807) is 13.2 Å². The van der Waals surface area contributed by atoms with Crippen molar-refractivity contribution in [1.29, 1.82) is 0 Å². The summed E-state index contributed by atoms with van der Waals surface area (Å²) in [6, 6.07) is 0. The first-order valence-corrected chi connectivity index (χ1v) is 5.65. The fraction of sp³-hybridized carbons (Fsp3) is 0.833. The molecule has 0 aromatic rings. The molecule has 0 amide bonds. The molecule has 2 heteroatoms. The van der Waals surface area contributed by atoms with E-state index < -0.39 is 0 Å². The normalized spacial score (nSPS) is 13.6. The van der Waals surface area contributed by atoms with Gasteiger partial charge in [-0.25, -0.2) is 0 Å². The topological polar surface area (TPSA) is 29.5 Å². The standard InChI is InChI=1S/C12H24O2/c1-3-4-5-6-7-9-12(14-2)10-8-11-13/h8,10,12-13H,3-7,9,11H2,1-2H3/b10-8-/t12-/m1/s1. The highest BCUT2D eigenvalue weighted by Gasteiger charge is 2.01. The zero-order valence-electron chi connectivity index (χ0n) is 9.54. The minimum Gasteiger partial charge on any atom is -0.392 e. The van der Waals surface area contributed by atoms with E-state index in [4.69, 9.17) is 9.84 Å². The van der Waals surface area contributed by atoms with Crippen molar-refractivity contribution in [2.45, 2.75) is 51.6 Å². The molecule has 0 rings (SSSR count). The van der Waals surface area contributed by atoms with Crippen molar-refractivity contribution in [3.63, 3.8) is 0 Å². The van der Waals surface area contributed by atoms with Crippen molar-refractivity contribution in [2.24, 2.45) is 0 Å². The summed E-state index contributed by atoms with van der Waals surface area (Å²) in [7, 11) is 1.72. The molecule has 0 aromatic carbocycles. The molecule has 0 saturated carbocycles. The molecule has 84 valence electrons. The molecular weight excluding hydrogens is 176 g/mol. The van der Waals surface area contributed by atoms with Crippen LogP contribution >= 0.6 is 0 Å². The van der Waals surface area contributed by atoms with Crippen LogP contribution < -0.4 is 0 Å². The van der Waals surface area contributed by atoms with Gasteiger partial charge in [0, 0.05) is 7.11 Å². The second-order valence-corrected chi connectivity index (χ2v) is 3.59. The van der Waals surface area contributed by atoms with Crippen LogP contribution in [-0.2, 0) is 4.74 Å². The Morgan fingerprint density at radius 3 is 2.50 bits per heavy atom. The van der Waals surface area contributed by atoms with Gasteiger partial charge in [-0.3, -0.25) is 0 Å². The maximum absolute atomic E-state index is 8.61. The van der Waals surface area contributed by atoms with E-state index in [0.29, 0.717) is 0 Å². The van der Waals surface area contributed by atoms with Gasteiger partial charge in [0.2, 0.25) is 0 Å². The number of hydrogen-bond acceptors (Lipinski definition) is 2. The van der Waals surface area contributed by atoms with Gasteiger partial charge in [-0.2, -0.15) is 0 Å². The van der Waals surface area contributed by atoms with Gasteiger partial charge in [-0.15, -0.1) is 0 Å². The number of rotatable bonds is 9. The smallest absolute Gasteiger partial charge is 0.0752 e. The van der Waals surface area contributed by atoms with Crippen LogP contribution in [0.2, 0.25) is 0 Å². The molecule has 0 spiro atoms. The zero-order chi connectivity index (χ0) is 10.6. The second kappa shape index (κ2) is 10.7. The summed E-state index contributed by atoms with van der Waals surface area (Å²) in [5.74, 6) is 0. The van der Waals surface area contributed by atoms with Crippen molar-refractivity contribution >= 4 is 0 Å². The minimum atomic E-state index is 0.107. The van der Waals surface area contributed by atoms with Crippen molar-refractivity contribution in [1.82, 2.24) is 0 Å². The van der Waals surface area contributed by atoms with Gasteiger partial charge in [-0.1, -0.05) is 51.2 Å². The van der Waals surface area contributed by atoms with E-state index in [0.717, 1.165) is 6.42 Å². The van der Waals surface area contributed by atoms with Gasteiger partial charge in [0.15, 0.2) is 0 Å². The Morgan fingerprint density at radius 1 is 1.21 bits per heavy atom. The molecule has 0 radical (unpaired) electrons. The fourth-order valence-electron chi connectivity index (χ4n) is 1.45. The van der Waals surface area contributed by atoms with Crippen LogP contribution in [0.3, 0.4) is 0 Å². The number of hydrogen-bond donors (Lipinski definition) is 1. The molecule has 0 fully saturated rings. The highest BCUT2D eigenvalue weighted by molar-refractivity contribution is 4.88. The van der Waals surface area contributed by atoms with Crippen LogP contribution in [0, 0.1) is 0 Å². The maximum Gasteiger partial charge on any atom is 0.0752 e. The quantitative estimate of drug-likeness (QED) is 0.458. The van der Waals surface area contributed by atoms with Crippen LogP contribution in [0.5, 0.6) is 0 Å². The maximum atomic E-state index is 8.61. The van der Waals surface area contributed by atoms with Crippen LogP contribution in [0.25, 0.3) is 0 Å². The molecule has 0 bridgehead atoms. The summed E-state index contributed by atoms with van der Waals surface area (Å²) in [5.41, 5.74) is 0. The van der Waals surface area contributed by atoms with E-state index in [-0.39, 0.29) is 12.7 Å². The number of ether oxygens (including phenoxy) is 1. The summed E-state index contributed by atoms with van der Waals surface area (Å²) in [4.78, 5) is 0. The lowest BCUT2D eigenvalue weighted by atomic mass is 10.1. The lowest BCUT2D eigenvalue weighted by molar-refractivity contribution is 0.130. The molecule has 0 heterocycles. The van der Waals surface area contributed by atoms with Crippen LogP contribution in [0.15, 0.2) is 12.2 Å². The predicted molar refractivity (Wildman–Crippen MR) is 60.4 cm³/mol. The molecule has 1 atom stereocenters. The van der Waals surface area contributed by atoms with Gasteiger partial charge < -0.3 is 9.84 Å². The number of aliphatic hydroxyl groups is 1. The molecule has 0 aromatic heterocycles. The van der Waals surface area contributed by atoms with Gasteiger partial charge in [0.25, 0.3) is 0 Å².